The van der Waals surface area contributed by atoms with Crippen LogP contribution in [0.2, 0.25) is 10.0 Å². The van der Waals surface area contributed by atoms with E-state index in [9.17, 15) is 4.79 Å². The molecule has 2 aliphatic rings. The molecule has 0 saturated heterocycles. The smallest absolute Gasteiger partial charge is 0.174 e. The van der Waals surface area contributed by atoms with E-state index < -0.39 is 5.92 Å². The van der Waals surface area contributed by atoms with Gasteiger partial charge in [-0.15, -0.1) is 11.8 Å². The van der Waals surface area contributed by atoms with Gasteiger partial charge in [0.25, 0.3) is 0 Å². The first-order valence-corrected chi connectivity index (χ1v) is 10.2. The molecule has 27 heavy (non-hydrogen) atoms. The third-order valence-electron chi connectivity index (χ3n) is 5.00. The second-order valence-electron chi connectivity index (χ2n) is 6.53. The van der Waals surface area contributed by atoms with Crippen molar-refractivity contribution in [3.05, 3.63) is 93.5 Å². The predicted octanol–water partition coefficient (Wildman–Crippen LogP) is 6.77. The maximum atomic E-state index is 13.3. The SMILES string of the molecule is O=C1c2ccccc2C2=Nc3ccccc3SC(c3cccc(Cl)c3Cl)C12. The van der Waals surface area contributed by atoms with Gasteiger partial charge in [-0.1, -0.05) is 71.7 Å². The van der Waals surface area contributed by atoms with Gasteiger partial charge in [0.2, 0.25) is 0 Å². The van der Waals surface area contributed by atoms with Gasteiger partial charge in [-0.2, -0.15) is 0 Å². The lowest BCUT2D eigenvalue weighted by Gasteiger charge is -2.22. The number of para-hydroxylation sites is 1. The molecule has 0 N–H and O–H groups in total. The number of carbonyl (C=O) groups excluding carboxylic acids is 1. The summed E-state index contributed by atoms with van der Waals surface area (Å²) in [6.07, 6.45) is 0. The van der Waals surface area contributed by atoms with Crippen molar-refractivity contribution in [1.29, 1.82) is 0 Å². The molecule has 1 aliphatic heterocycles. The Kier molecular flexibility index (Phi) is 4.12. The molecule has 2 unspecified atom stereocenters. The quantitative estimate of drug-likeness (QED) is 0.443. The van der Waals surface area contributed by atoms with Crippen molar-refractivity contribution in [3.63, 3.8) is 0 Å². The van der Waals surface area contributed by atoms with Crippen LogP contribution in [0.25, 0.3) is 0 Å². The highest BCUT2D eigenvalue weighted by Crippen LogP contribution is 2.53. The second kappa shape index (κ2) is 6.52. The van der Waals surface area contributed by atoms with Crippen LogP contribution >= 0.6 is 35.0 Å². The first kappa shape index (κ1) is 17.1. The Labute approximate surface area is 171 Å². The molecule has 5 heteroatoms. The number of ketones is 1. The Hall–Kier alpha value is -2.07. The number of fused-ring (bicyclic) bond motifs is 4. The van der Waals surface area contributed by atoms with E-state index in [1.54, 1.807) is 17.8 Å². The number of thioether (sulfide) groups is 1. The van der Waals surface area contributed by atoms with Crippen LogP contribution in [-0.4, -0.2) is 11.5 Å². The highest BCUT2D eigenvalue weighted by Gasteiger charge is 2.44. The number of benzene rings is 3. The lowest BCUT2D eigenvalue weighted by atomic mass is 9.93. The van der Waals surface area contributed by atoms with Gasteiger partial charge in [0.1, 0.15) is 0 Å². The van der Waals surface area contributed by atoms with Crippen molar-refractivity contribution < 1.29 is 4.79 Å². The van der Waals surface area contributed by atoms with E-state index in [2.05, 4.69) is 0 Å². The maximum absolute atomic E-state index is 13.3. The number of nitrogens with zero attached hydrogens (tertiary/aromatic N) is 1. The molecule has 0 amide bonds. The molecule has 0 saturated carbocycles. The number of Topliss-reactive ketones (excluding diaryl/α,β-unsaturated/α-hetero) is 1. The van der Waals surface area contributed by atoms with Crippen LogP contribution in [-0.2, 0) is 0 Å². The monoisotopic (exact) mass is 409 g/mol. The molecule has 3 aromatic rings. The van der Waals surface area contributed by atoms with E-state index in [0.717, 1.165) is 33.0 Å². The minimum atomic E-state index is -0.393. The number of hydrogen-bond donors (Lipinski definition) is 0. The third kappa shape index (κ3) is 2.65. The van der Waals surface area contributed by atoms with Gasteiger partial charge in [-0.25, -0.2) is 0 Å². The summed E-state index contributed by atoms with van der Waals surface area (Å²) in [5, 5.41) is 0.798. The molecule has 0 fully saturated rings. The minimum absolute atomic E-state index is 0.0886. The fourth-order valence-corrected chi connectivity index (χ4v) is 5.63. The van der Waals surface area contributed by atoms with Gasteiger partial charge in [-0.3, -0.25) is 9.79 Å². The first-order valence-electron chi connectivity index (χ1n) is 8.57. The Balaban J connectivity index is 1.78. The Morgan fingerprint density at radius 2 is 1.59 bits per heavy atom. The average Bonchev–Trinajstić information content (AvgIpc) is 2.85. The highest BCUT2D eigenvalue weighted by molar-refractivity contribution is 7.99. The van der Waals surface area contributed by atoms with Crippen LogP contribution in [0.4, 0.5) is 5.69 Å². The summed E-state index contributed by atoms with van der Waals surface area (Å²) in [6.45, 7) is 0. The van der Waals surface area contributed by atoms with Crippen LogP contribution in [0.1, 0.15) is 26.7 Å². The lowest BCUT2D eigenvalue weighted by Crippen LogP contribution is -2.22. The van der Waals surface area contributed by atoms with E-state index in [1.165, 1.54) is 0 Å². The van der Waals surface area contributed by atoms with Crippen LogP contribution in [0.15, 0.2) is 76.6 Å². The van der Waals surface area contributed by atoms with Gasteiger partial charge in [0.15, 0.2) is 5.78 Å². The summed E-state index contributed by atoms with van der Waals surface area (Å²) >= 11 is 14.5. The molecule has 132 valence electrons. The number of rotatable bonds is 1. The van der Waals surface area contributed by atoms with Crippen molar-refractivity contribution in [2.45, 2.75) is 10.1 Å². The van der Waals surface area contributed by atoms with Crippen LogP contribution < -0.4 is 0 Å². The standard InChI is InChI=1S/C22H13Cl2NOS/c23-15-9-5-8-14(19(15)24)22-18-20(12-6-1-2-7-13(12)21(18)26)25-16-10-3-4-11-17(16)27-22/h1-11,18,22H. The van der Waals surface area contributed by atoms with Gasteiger partial charge >= 0.3 is 0 Å². The Morgan fingerprint density at radius 3 is 2.44 bits per heavy atom. The van der Waals surface area contributed by atoms with E-state index in [1.807, 2.05) is 60.7 Å². The molecule has 5 rings (SSSR count). The van der Waals surface area contributed by atoms with E-state index in [4.69, 9.17) is 28.2 Å². The first-order chi connectivity index (χ1) is 13.1. The van der Waals surface area contributed by atoms with Crippen molar-refractivity contribution in [2.75, 3.05) is 0 Å². The molecule has 0 bridgehead atoms. The minimum Gasteiger partial charge on any atom is -0.293 e. The van der Waals surface area contributed by atoms with E-state index in [0.29, 0.717) is 10.0 Å². The zero-order valence-corrected chi connectivity index (χ0v) is 16.4. The number of hydrogen-bond acceptors (Lipinski definition) is 3. The maximum Gasteiger partial charge on any atom is 0.174 e. The topological polar surface area (TPSA) is 29.4 Å². The molecular weight excluding hydrogens is 397 g/mol. The number of aliphatic imine (C=N–C) groups is 1. The van der Waals surface area contributed by atoms with Crippen molar-refractivity contribution in [2.24, 2.45) is 10.9 Å². The van der Waals surface area contributed by atoms with Crippen LogP contribution in [0.3, 0.4) is 0 Å². The van der Waals surface area contributed by atoms with Crippen molar-refractivity contribution in [1.82, 2.24) is 0 Å². The summed E-state index contributed by atoms with van der Waals surface area (Å²) in [5.41, 5.74) is 4.20. The predicted molar refractivity (Wildman–Crippen MR) is 112 cm³/mol. The fourth-order valence-electron chi connectivity index (χ4n) is 3.76. The average molecular weight is 410 g/mol. The Bertz CT molecular complexity index is 1120. The zero-order chi connectivity index (χ0) is 18.5. The summed E-state index contributed by atoms with van der Waals surface area (Å²) in [7, 11) is 0. The third-order valence-corrected chi connectivity index (χ3v) is 7.21. The fraction of sp³-hybridized carbons (Fsp3) is 0.0909. The normalized spacial score (nSPS) is 20.4. The molecular formula is C22H13Cl2NOS. The molecule has 0 spiro atoms. The van der Waals surface area contributed by atoms with Gasteiger partial charge in [0, 0.05) is 16.0 Å². The lowest BCUT2D eigenvalue weighted by molar-refractivity contribution is 0.0960. The second-order valence-corrected chi connectivity index (χ2v) is 8.50. The van der Waals surface area contributed by atoms with Gasteiger partial charge in [0.05, 0.1) is 32.6 Å². The summed E-state index contributed by atoms with van der Waals surface area (Å²) in [5.74, 6) is -0.304. The van der Waals surface area contributed by atoms with E-state index in [-0.39, 0.29) is 11.0 Å². The highest BCUT2D eigenvalue weighted by atomic mass is 35.5. The van der Waals surface area contributed by atoms with Gasteiger partial charge in [-0.05, 0) is 23.8 Å². The summed E-state index contributed by atoms with van der Waals surface area (Å²) in [6, 6.07) is 21.3. The molecule has 2 atom stereocenters. The summed E-state index contributed by atoms with van der Waals surface area (Å²) in [4.78, 5) is 19.3. The van der Waals surface area contributed by atoms with Gasteiger partial charge < -0.3 is 0 Å². The summed E-state index contributed by atoms with van der Waals surface area (Å²) < 4.78 is 0. The molecule has 2 nitrogen and oxygen atoms in total. The molecule has 0 radical (unpaired) electrons. The molecule has 1 heterocycles. The largest absolute Gasteiger partial charge is 0.293 e. The van der Waals surface area contributed by atoms with E-state index >= 15 is 0 Å². The molecule has 0 aromatic heterocycles. The molecule has 3 aromatic carbocycles. The molecule has 1 aliphatic carbocycles. The Morgan fingerprint density at radius 1 is 0.852 bits per heavy atom. The van der Waals surface area contributed by atoms with Crippen LogP contribution in [0, 0.1) is 5.92 Å². The van der Waals surface area contributed by atoms with Crippen LogP contribution in [0.5, 0.6) is 0 Å². The van der Waals surface area contributed by atoms with Crippen molar-refractivity contribution in [3.8, 4) is 0 Å². The number of carbonyl (C=O) groups is 1. The zero-order valence-electron chi connectivity index (χ0n) is 14.0. The number of halogens is 2. The van der Waals surface area contributed by atoms with Crippen molar-refractivity contribution >= 4 is 52.1 Å².